The molecule has 25 heavy (non-hydrogen) atoms. The molecule has 0 fully saturated rings. The number of nitrogens with one attached hydrogen (secondary N) is 1. The number of hydrogen-bond acceptors (Lipinski definition) is 7. The summed E-state index contributed by atoms with van der Waals surface area (Å²) in [6.45, 7) is 0. The molecule has 0 atom stereocenters. The number of pyridine rings is 1. The van der Waals surface area contributed by atoms with Gasteiger partial charge in [-0.05, 0) is 24.3 Å². The van der Waals surface area contributed by atoms with Crippen LogP contribution in [0.3, 0.4) is 0 Å². The van der Waals surface area contributed by atoms with Crippen molar-refractivity contribution in [1.29, 1.82) is 5.26 Å². The fraction of sp³-hybridized carbons (Fsp3) is 0.0625. The number of carbonyl (C=O) groups is 1. The van der Waals surface area contributed by atoms with Crippen LogP contribution in [-0.4, -0.2) is 31.5 Å². The fourth-order valence-electron chi connectivity index (χ4n) is 2.07. The number of nitrogen functional groups attached to an aromatic ring is 1. The van der Waals surface area contributed by atoms with Crippen molar-refractivity contribution >= 4 is 23.4 Å². The lowest BCUT2D eigenvalue weighted by Crippen LogP contribution is -2.17. The number of nitriles is 1. The van der Waals surface area contributed by atoms with E-state index in [1.807, 2.05) is 12.1 Å². The molecule has 0 unspecified atom stereocenters. The molecule has 0 radical (unpaired) electrons. The van der Waals surface area contributed by atoms with Crippen molar-refractivity contribution in [3.8, 4) is 17.5 Å². The summed E-state index contributed by atoms with van der Waals surface area (Å²) in [5.74, 6) is 6.27. The zero-order valence-electron chi connectivity index (χ0n) is 13.0. The number of hydrogen-bond donors (Lipinski definition) is 2. The van der Waals surface area contributed by atoms with Crippen LogP contribution in [0.15, 0.2) is 53.9 Å². The number of nitrogens with zero attached hydrogens (tertiary/aromatic N) is 5. The van der Waals surface area contributed by atoms with Gasteiger partial charge in [0.25, 0.3) is 0 Å². The van der Waals surface area contributed by atoms with Crippen molar-refractivity contribution in [3.63, 3.8) is 0 Å². The van der Waals surface area contributed by atoms with Gasteiger partial charge in [0.2, 0.25) is 11.1 Å². The van der Waals surface area contributed by atoms with Gasteiger partial charge in [-0.1, -0.05) is 23.9 Å². The molecule has 0 aliphatic carbocycles. The Kier molecular flexibility index (Phi) is 4.92. The molecule has 124 valence electrons. The number of thioether (sulfide) groups is 1. The fourth-order valence-corrected chi connectivity index (χ4v) is 2.73. The van der Waals surface area contributed by atoms with Crippen LogP contribution in [0.1, 0.15) is 5.56 Å². The summed E-state index contributed by atoms with van der Waals surface area (Å²) >= 11 is 1.15. The largest absolute Gasteiger partial charge is 0.335 e. The van der Waals surface area contributed by atoms with Crippen molar-refractivity contribution in [2.45, 2.75) is 5.16 Å². The van der Waals surface area contributed by atoms with Crippen molar-refractivity contribution < 1.29 is 4.79 Å². The molecule has 2 aromatic heterocycles. The number of benzene rings is 1. The van der Waals surface area contributed by atoms with Gasteiger partial charge in [-0.25, -0.2) is 4.68 Å². The van der Waals surface area contributed by atoms with E-state index in [2.05, 4.69) is 20.5 Å². The molecule has 0 saturated heterocycles. The molecule has 0 saturated carbocycles. The third kappa shape index (κ3) is 3.76. The van der Waals surface area contributed by atoms with Crippen molar-refractivity contribution in [1.82, 2.24) is 19.9 Å². The Hall–Kier alpha value is -3.38. The van der Waals surface area contributed by atoms with Crippen LogP contribution in [-0.2, 0) is 4.79 Å². The van der Waals surface area contributed by atoms with Gasteiger partial charge in [0.05, 0.1) is 17.0 Å². The molecule has 2 heterocycles. The zero-order valence-corrected chi connectivity index (χ0v) is 13.8. The van der Waals surface area contributed by atoms with Crippen LogP contribution in [0.25, 0.3) is 11.4 Å². The highest BCUT2D eigenvalue weighted by Gasteiger charge is 2.14. The Morgan fingerprint density at radius 3 is 2.88 bits per heavy atom. The van der Waals surface area contributed by atoms with Crippen LogP contribution >= 0.6 is 11.8 Å². The Balaban J connectivity index is 1.65. The summed E-state index contributed by atoms with van der Waals surface area (Å²) in [6, 6.07) is 12.4. The Morgan fingerprint density at radius 1 is 1.28 bits per heavy atom. The second-order valence-corrected chi connectivity index (χ2v) is 5.85. The topological polar surface area (TPSA) is 123 Å². The van der Waals surface area contributed by atoms with E-state index in [1.165, 1.54) is 4.68 Å². The van der Waals surface area contributed by atoms with Gasteiger partial charge in [-0.3, -0.25) is 9.78 Å². The number of para-hydroxylation sites is 1. The normalized spacial score (nSPS) is 10.2. The second kappa shape index (κ2) is 7.46. The van der Waals surface area contributed by atoms with Gasteiger partial charge in [0, 0.05) is 18.0 Å². The third-order valence-electron chi connectivity index (χ3n) is 3.24. The lowest BCUT2D eigenvalue weighted by molar-refractivity contribution is -0.113. The van der Waals surface area contributed by atoms with Crippen molar-refractivity contribution in [2.24, 2.45) is 0 Å². The number of carbonyl (C=O) groups excluding carboxylic acids is 1. The predicted molar refractivity (Wildman–Crippen MR) is 93.9 cm³/mol. The van der Waals surface area contributed by atoms with E-state index in [0.29, 0.717) is 22.2 Å². The first-order valence-corrected chi connectivity index (χ1v) is 8.20. The first-order valence-electron chi connectivity index (χ1n) is 7.21. The maximum atomic E-state index is 12.1. The number of amides is 1. The summed E-state index contributed by atoms with van der Waals surface area (Å²) in [5, 5.41) is 20.2. The van der Waals surface area contributed by atoms with E-state index in [0.717, 1.165) is 17.3 Å². The van der Waals surface area contributed by atoms with E-state index in [1.54, 1.807) is 42.7 Å². The standard InChI is InChI=1S/C16H13N7OS/c17-8-11-4-1-2-6-13(11)20-14(24)10-25-16-22-21-15(23(16)18)12-5-3-7-19-9-12/h1-7,9H,10,18H2,(H,20,24). The Bertz CT molecular complexity index is 933. The predicted octanol–water partition coefficient (Wildman–Crippen LogP) is 1.66. The van der Waals surface area contributed by atoms with Gasteiger partial charge < -0.3 is 11.2 Å². The maximum Gasteiger partial charge on any atom is 0.234 e. The zero-order chi connectivity index (χ0) is 17.6. The molecule has 8 nitrogen and oxygen atoms in total. The minimum absolute atomic E-state index is 0.0855. The highest BCUT2D eigenvalue weighted by Crippen LogP contribution is 2.21. The molecule has 3 aromatic rings. The molecule has 0 spiro atoms. The third-order valence-corrected chi connectivity index (χ3v) is 4.18. The summed E-state index contributed by atoms with van der Waals surface area (Å²) in [6.07, 6.45) is 3.28. The van der Waals surface area contributed by atoms with Crippen molar-refractivity contribution in [2.75, 3.05) is 16.9 Å². The number of nitrogens with two attached hydrogens (primary N) is 1. The van der Waals surface area contributed by atoms with Gasteiger partial charge in [0.1, 0.15) is 6.07 Å². The van der Waals surface area contributed by atoms with Crippen LogP contribution < -0.4 is 11.2 Å². The lowest BCUT2D eigenvalue weighted by atomic mass is 10.2. The van der Waals surface area contributed by atoms with Crippen LogP contribution in [0.4, 0.5) is 5.69 Å². The summed E-state index contributed by atoms with van der Waals surface area (Å²) < 4.78 is 1.32. The number of rotatable bonds is 5. The SMILES string of the molecule is N#Cc1ccccc1NC(=O)CSc1nnc(-c2cccnc2)n1N. The lowest BCUT2D eigenvalue weighted by Gasteiger charge is -2.06. The molecular weight excluding hydrogens is 338 g/mol. The molecule has 0 aliphatic heterocycles. The second-order valence-electron chi connectivity index (χ2n) is 4.91. The van der Waals surface area contributed by atoms with E-state index >= 15 is 0 Å². The first-order chi connectivity index (χ1) is 12.2. The van der Waals surface area contributed by atoms with Crippen LogP contribution in [0, 0.1) is 11.3 Å². The average Bonchev–Trinajstić information content (AvgIpc) is 3.02. The molecule has 1 aromatic carbocycles. The summed E-state index contributed by atoms with van der Waals surface area (Å²) in [7, 11) is 0. The molecular formula is C16H13N7OS. The van der Waals surface area contributed by atoms with Gasteiger partial charge in [-0.15, -0.1) is 10.2 Å². The minimum atomic E-state index is -0.265. The van der Waals surface area contributed by atoms with Crippen LogP contribution in [0.2, 0.25) is 0 Å². The Labute approximate surface area is 147 Å². The highest BCUT2D eigenvalue weighted by molar-refractivity contribution is 7.99. The smallest absolute Gasteiger partial charge is 0.234 e. The number of anilines is 1. The molecule has 1 amide bonds. The molecule has 3 rings (SSSR count). The molecule has 3 N–H and O–H groups in total. The molecule has 0 aliphatic rings. The minimum Gasteiger partial charge on any atom is -0.335 e. The van der Waals surface area contributed by atoms with Crippen molar-refractivity contribution in [3.05, 3.63) is 54.4 Å². The average molecular weight is 351 g/mol. The maximum absolute atomic E-state index is 12.1. The van der Waals surface area contributed by atoms with Gasteiger partial charge in [-0.2, -0.15) is 5.26 Å². The van der Waals surface area contributed by atoms with E-state index in [9.17, 15) is 4.79 Å². The Morgan fingerprint density at radius 2 is 2.12 bits per heavy atom. The van der Waals surface area contributed by atoms with Crippen LogP contribution in [0.5, 0.6) is 0 Å². The van der Waals surface area contributed by atoms with Gasteiger partial charge >= 0.3 is 0 Å². The van der Waals surface area contributed by atoms with Gasteiger partial charge in [0.15, 0.2) is 5.82 Å². The molecule has 9 heteroatoms. The first kappa shape index (κ1) is 16.5. The van der Waals surface area contributed by atoms with E-state index in [-0.39, 0.29) is 11.7 Å². The van der Waals surface area contributed by atoms with E-state index in [4.69, 9.17) is 11.1 Å². The quantitative estimate of drug-likeness (QED) is 0.529. The summed E-state index contributed by atoms with van der Waals surface area (Å²) in [4.78, 5) is 16.1. The molecule has 0 bridgehead atoms. The highest BCUT2D eigenvalue weighted by atomic mass is 32.2. The monoisotopic (exact) mass is 351 g/mol. The van der Waals surface area contributed by atoms with E-state index < -0.39 is 0 Å². The number of aromatic nitrogens is 4. The summed E-state index contributed by atoms with van der Waals surface area (Å²) in [5.41, 5.74) is 1.61.